The summed E-state index contributed by atoms with van der Waals surface area (Å²) >= 11 is 0. The summed E-state index contributed by atoms with van der Waals surface area (Å²) in [5.41, 5.74) is 6.96. The van der Waals surface area contributed by atoms with Gasteiger partial charge in [-0.15, -0.1) is 0 Å². The fourth-order valence-electron chi connectivity index (χ4n) is 1.76. The Morgan fingerprint density at radius 1 is 1.29 bits per heavy atom. The van der Waals surface area contributed by atoms with Crippen LogP contribution in [-0.2, 0) is 4.74 Å². The molecule has 0 saturated heterocycles. The number of furan rings is 1. The summed E-state index contributed by atoms with van der Waals surface area (Å²) in [6.07, 6.45) is 1.02. The van der Waals surface area contributed by atoms with Crippen molar-refractivity contribution in [1.82, 2.24) is 0 Å². The number of para-hydroxylation sites is 1. The molecule has 0 amide bonds. The zero-order valence-electron chi connectivity index (χ0n) is 10.3. The zero-order chi connectivity index (χ0) is 12.3. The van der Waals surface area contributed by atoms with Crippen LogP contribution in [-0.4, -0.2) is 12.7 Å². The molecule has 3 heteroatoms. The Labute approximate surface area is 102 Å². The van der Waals surface area contributed by atoms with Crippen LogP contribution in [0.25, 0.3) is 11.0 Å². The second-order valence-corrected chi connectivity index (χ2v) is 4.50. The second-order valence-electron chi connectivity index (χ2n) is 4.50. The van der Waals surface area contributed by atoms with Gasteiger partial charge in [0.25, 0.3) is 0 Å². The Bertz CT molecular complexity index is 443. The highest BCUT2D eigenvalue weighted by Crippen LogP contribution is 2.24. The number of hydrogen-bond acceptors (Lipinski definition) is 3. The van der Waals surface area contributed by atoms with E-state index >= 15 is 0 Å². The van der Waals surface area contributed by atoms with Crippen molar-refractivity contribution in [2.75, 3.05) is 6.61 Å². The van der Waals surface area contributed by atoms with Crippen molar-refractivity contribution in [2.24, 2.45) is 5.73 Å². The maximum atomic E-state index is 6.07. The molecule has 0 aliphatic rings. The first-order valence-corrected chi connectivity index (χ1v) is 6.02. The molecule has 1 unspecified atom stereocenters. The van der Waals surface area contributed by atoms with Gasteiger partial charge < -0.3 is 14.9 Å². The molecule has 2 rings (SSSR count). The molecule has 1 aromatic heterocycles. The first-order valence-electron chi connectivity index (χ1n) is 6.02. The maximum absolute atomic E-state index is 6.07. The number of nitrogens with two attached hydrogens (primary N) is 1. The summed E-state index contributed by atoms with van der Waals surface area (Å²) < 4.78 is 11.2. The zero-order valence-corrected chi connectivity index (χ0v) is 10.3. The third-order valence-corrected chi connectivity index (χ3v) is 2.69. The predicted octanol–water partition coefficient (Wildman–Crippen LogP) is 3.25. The molecule has 0 fully saturated rings. The molecule has 0 saturated carbocycles. The number of rotatable bonds is 5. The summed E-state index contributed by atoms with van der Waals surface area (Å²) in [6, 6.07) is 9.85. The SMILES string of the molecule is CC(C)OCCC(N)c1cc2ccccc2o1. The van der Waals surface area contributed by atoms with E-state index in [2.05, 4.69) is 0 Å². The molecule has 2 aromatic rings. The highest BCUT2D eigenvalue weighted by Gasteiger charge is 2.11. The van der Waals surface area contributed by atoms with Gasteiger partial charge in [-0.2, -0.15) is 0 Å². The number of hydrogen-bond donors (Lipinski definition) is 1. The van der Waals surface area contributed by atoms with Gasteiger partial charge in [0.1, 0.15) is 11.3 Å². The Kier molecular flexibility index (Phi) is 3.82. The molecule has 0 bridgehead atoms. The van der Waals surface area contributed by atoms with Gasteiger partial charge in [-0.25, -0.2) is 0 Å². The van der Waals surface area contributed by atoms with E-state index in [1.165, 1.54) is 0 Å². The van der Waals surface area contributed by atoms with E-state index in [0.29, 0.717) is 6.61 Å². The van der Waals surface area contributed by atoms with Crippen molar-refractivity contribution in [3.8, 4) is 0 Å². The fourth-order valence-corrected chi connectivity index (χ4v) is 1.76. The van der Waals surface area contributed by atoms with Gasteiger partial charge >= 0.3 is 0 Å². The van der Waals surface area contributed by atoms with E-state index in [-0.39, 0.29) is 12.1 Å². The van der Waals surface area contributed by atoms with Gasteiger partial charge in [0.05, 0.1) is 12.1 Å². The van der Waals surface area contributed by atoms with Crippen LogP contribution in [0, 0.1) is 0 Å². The molecule has 92 valence electrons. The molecule has 17 heavy (non-hydrogen) atoms. The Morgan fingerprint density at radius 3 is 2.76 bits per heavy atom. The second kappa shape index (κ2) is 5.34. The van der Waals surface area contributed by atoms with Crippen LogP contribution >= 0.6 is 0 Å². The average Bonchev–Trinajstić information content (AvgIpc) is 2.71. The first kappa shape index (κ1) is 12.1. The normalized spacial score (nSPS) is 13.4. The van der Waals surface area contributed by atoms with Gasteiger partial charge in [0.2, 0.25) is 0 Å². The van der Waals surface area contributed by atoms with Crippen molar-refractivity contribution in [3.63, 3.8) is 0 Å². The summed E-state index contributed by atoms with van der Waals surface area (Å²) in [5, 5.41) is 1.10. The van der Waals surface area contributed by atoms with Crippen LogP contribution < -0.4 is 5.73 Å². The largest absolute Gasteiger partial charge is 0.459 e. The lowest BCUT2D eigenvalue weighted by Crippen LogP contribution is -2.14. The predicted molar refractivity (Wildman–Crippen MR) is 68.8 cm³/mol. The molecule has 0 radical (unpaired) electrons. The monoisotopic (exact) mass is 233 g/mol. The molecule has 2 N–H and O–H groups in total. The number of fused-ring (bicyclic) bond motifs is 1. The standard InChI is InChI=1S/C14H19NO2/c1-10(2)16-8-7-12(15)14-9-11-5-3-4-6-13(11)17-14/h3-6,9-10,12H,7-8,15H2,1-2H3. The van der Waals surface area contributed by atoms with Gasteiger partial charge in [-0.05, 0) is 32.4 Å². The van der Waals surface area contributed by atoms with Crippen LogP contribution in [0.4, 0.5) is 0 Å². The molecular weight excluding hydrogens is 214 g/mol. The summed E-state index contributed by atoms with van der Waals surface area (Å²) in [7, 11) is 0. The van der Waals surface area contributed by atoms with E-state index in [1.54, 1.807) is 0 Å². The molecule has 1 atom stereocenters. The van der Waals surface area contributed by atoms with Crippen molar-refractivity contribution < 1.29 is 9.15 Å². The van der Waals surface area contributed by atoms with Crippen LogP contribution in [0.1, 0.15) is 32.1 Å². The molecule has 0 aliphatic heterocycles. The minimum absolute atomic E-state index is 0.0962. The quantitative estimate of drug-likeness (QED) is 0.862. The average molecular weight is 233 g/mol. The molecule has 0 aliphatic carbocycles. The molecule has 1 heterocycles. The lowest BCUT2D eigenvalue weighted by atomic mass is 10.1. The molecular formula is C14H19NO2. The van der Waals surface area contributed by atoms with Crippen LogP contribution in [0.2, 0.25) is 0 Å². The summed E-state index contributed by atoms with van der Waals surface area (Å²) in [4.78, 5) is 0. The Balaban J connectivity index is 2.01. The lowest BCUT2D eigenvalue weighted by Gasteiger charge is -2.10. The fraction of sp³-hybridized carbons (Fsp3) is 0.429. The van der Waals surface area contributed by atoms with Crippen molar-refractivity contribution in [2.45, 2.75) is 32.4 Å². The maximum Gasteiger partial charge on any atom is 0.134 e. The van der Waals surface area contributed by atoms with Gasteiger partial charge in [0, 0.05) is 12.0 Å². The van der Waals surface area contributed by atoms with E-state index in [9.17, 15) is 0 Å². The van der Waals surface area contributed by atoms with Gasteiger partial charge in [0.15, 0.2) is 0 Å². The smallest absolute Gasteiger partial charge is 0.134 e. The highest BCUT2D eigenvalue weighted by molar-refractivity contribution is 5.77. The van der Waals surface area contributed by atoms with E-state index < -0.39 is 0 Å². The Hall–Kier alpha value is -1.32. The molecule has 3 nitrogen and oxygen atoms in total. The van der Waals surface area contributed by atoms with Crippen LogP contribution in [0.3, 0.4) is 0 Å². The number of benzene rings is 1. The van der Waals surface area contributed by atoms with Gasteiger partial charge in [-0.3, -0.25) is 0 Å². The van der Waals surface area contributed by atoms with E-state index in [0.717, 1.165) is 23.2 Å². The third-order valence-electron chi connectivity index (χ3n) is 2.69. The topological polar surface area (TPSA) is 48.4 Å². The van der Waals surface area contributed by atoms with Crippen LogP contribution in [0.15, 0.2) is 34.7 Å². The third kappa shape index (κ3) is 3.08. The summed E-state index contributed by atoms with van der Waals surface area (Å²) in [5.74, 6) is 0.832. The minimum Gasteiger partial charge on any atom is -0.459 e. The molecule has 1 aromatic carbocycles. The Morgan fingerprint density at radius 2 is 2.06 bits per heavy atom. The lowest BCUT2D eigenvalue weighted by molar-refractivity contribution is 0.0726. The molecule has 0 spiro atoms. The van der Waals surface area contributed by atoms with Gasteiger partial charge in [-0.1, -0.05) is 18.2 Å². The highest BCUT2D eigenvalue weighted by atomic mass is 16.5. The minimum atomic E-state index is -0.0962. The van der Waals surface area contributed by atoms with Crippen molar-refractivity contribution >= 4 is 11.0 Å². The first-order chi connectivity index (χ1) is 8.16. The van der Waals surface area contributed by atoms with Crippen molar-refractivity contribution in [3.05, 3.63) is 36.1 Å². The number of ether oxygens (including phenoxy) is 1. The van der Waals surface area contributed by atoms with Crippen molar-refractivity contribution in [1.29, 1.82) is 0 Å². The summed E-state index contributed by atoms with van der Waals surface area (Å²) in [6.45, 7) is 4.70. The van der Waals surface area contributed by atoms with Crippen LogP contribution in [0.5, 0.6) is 0 Å². The van der Waals surface area contributed by atoms with E-state index in [1.807, 2.05) is 44.2 Å². The van der Waals surface area contributed by atoms with E-state index in [4.69, 9.17) is 14.9 Å².